The lowest BCUT2D eigenvalue weighted by Crippen LogP contribution is -2.02. The van der Waals surface area contributed by atoms with Crippen LogP contribution in [0.1, 0.15) is 5.56 Å². The van der Waals surface area contributed by atoms with Crippen molar-refractivity contribution in [3.8, 4) is 17.2 Å². The molecular formula is C14H11F2NO3. The predicted molar refractivity (Wildman–Crippen MR) is 67.7 cm³/mol. The van der Waals surface area contributed by atoms with Crippen molar-refractivity contribution in [1.82, 2.24) is 0 Å². The first-order valence-corrected chi connectivity index (χ1v) is 5.90. The molecule has 20 heavy (non-hydrogen) atoms. The maximum atomic E-state index is 13.6. The highest BCUT2D eigenvalue weighted by Gasteiger charge is 2.16. The number of nitrogens with two attached hydrogens (primary N) is 1. The molecule has 2 N–H and O–H groups in total. The predicted octanol–water partition coefficient (Wildman–Crippen LogP) is 2.85. The highest BCUT2D eigenvalue weighted by Crippen LogP contribution is 2.33. The van der Waals surface area contributed by atoms with Crippen LogP contribution in [-0.4, -0.2) is 6.79 Å². The molecule has 0 radical (unpaired) electrons. The molecule has 1 aliphatic heterocycles. The third-order valence-electron chi connectivity index (χ3n) is 2.90. The highest BCUT2D eigenvalue weighted by atomic mass is 19.2. The number of hydrogen-bond donors (Lipinski definition) is 1. The van der Waals surface area contributed by atoms with Gasteiger partial charge in [0.05, 0.1) is 5.69 Å². The second-order valence-electron chi connectivity index (χ2n) is 4.26. The van der Waals surface area contributed by atoms with Crippen molar-refractivity contribution >= 4 is 5.69 Å². The molecule has 104 valence electrons. The zero-order valence-corrected chi connectivity index (χ0v) is 10.4. The summed E-state index contributed by atoms with van der Waals surface area (Å²) in [6, 6.07) is 7.41. The second-order valence-corrected chi connectivity index (χ2v) is 4.26. The average molecular weight is 279 g/mol. The molecule has 0 aromatic heterocycles. The van der Waals surface area contributed by atoms with Crippen LogP contribution in [0.5, 0.6) is 17.2 Å². The van der Waals surface area contributed by atoms with Crippen LogP contribution in [-0.2, 0) is 6.61 Å². The Kier molecular flexibility index (Phi) is 3.06. The number of nitrogen functional groups attached to an aromatic ring is 1. The van der Waals surface area contributed by atoms with Gasteiger partial charge < -0.3 is 19.9 Å². The number of ether oxygens (including phenoxy) is 3. The van der Waals surface area contributed by atoms with Crippen LogP contribution < -0.4 is 19.9 Å². The Morgan fingerprint density at radius 1 is 1.10 bits per heavy atom. The van der Waals surface area contributed by atoms with E-state index in [-0.39, 0.29) is 24.8 Å². The van der Waals surface area contributed by atoms with Gasteiger partial charge in [-0.05, 0) is 29.8 Å². The molecule has 1 aliphatic rings. The fourth-order valence-electron chi connectivity index (χ4n) is 1.88. The van der Waals surface area contributed by atoms with E-state index in [2.05, 4.69) is 0 Å². The molecule has 0 atom stereocenters. The van der Waals surface area contributed by atoms with E-state index in [4.69, 9.17) is 19.9 Å². The Morgan fingerprint density at radius 2 is 1.90 bits per heavy atom. The molecule has 0 unspecified atom stereocenters. The number of halogens is 2. The summed E-state index contributed by atoms with van der Waals surface area (Å²) in [7, 11) is 0. The fraction of sp³-hybridized carbons (Fsp3) is 0.143. The highest BCUT2D eigenvalue weighted by molar-refractivity contribution is 5.53. The molecular weight excluding hydrogens is 268 g/mol. The van der Waals surface area contributed by atoms with Crippen LogP contribution in [0.4, 0.5) is 14.5 Å². The molecule has 3 rings (SSSR count). The van der Waals surface area contributed by atoms with Gasteiger partial charge in [0.1, 0.15) is 6.61 Å². The number of hydrogen-bond acceptors (Lipinski definition) is 4. The topological polar surface area (TPSA) is 53.7 Å². The van der Waals surface area contributed by atoms with Gasteiger partial charge in [0, 0.05) is 0 Å². The molecule has 6 heteroatoms. The van der Waals surface area contributed by atoms with E-state index in [1.807, 2.05) is 0 Å². The summed E-state index contributed by atoms with van der Waals surface area (Å²) in [5.74, 6) is -1.14. The van der Waals surface area contributed by atoms with Gasteiger partial charge in [-0.2, -0.15) is 4.39 Å². The number of anilines is 1. The quantitative estimate of drug-likeness (QED) is 0.878. The molecule has 0 saturated carbocycles. The lowest BCUT2D eigenvalue weighted by molar-refractivity contribution is 0.174. The van der Waals surface area contributed by atoms with Crippen LogP contribution in [0, 0.1) is 11.6 Å². The Labute approximate surface area is 113 Å². The van der Waals surface area contributed by atoms with Crippen LogP contribution in [0.2, 0.25) is 0 Å². The zero-order valence-electron chi connectivity index (χ0n) is 10.4. The van der Waals surface area contributed by atoms with E-state index in [1.54, 1.807) is 18.2 Å². The van der Waals surface area contributed by atoms with E-state index in [9.17, 15) is 8.78 Å². The summed E-state index contributed by atoms with van der Waals surface area (Å²) in [5, 5.41) is 0. The normalized spacial score (nSPS) is 12.5. The molecule has 4 nitrogen and oxygen atoms in total. The van der Waals surface area contributed by atoms with E-state index < -0.39 is 11.6 Å². The molecule has 0 bridgehead atoms. The lowest BCUT2D eigenvalue weighted by atomic mass is 10.2. The number of fused-ring (bicyclic) bond motifs is 1. The Morgan fingerprint density at radius 3 is 2.75 bits per heavy atom. The van der Waals surface area contributed by atoms with Crippen LogP contribution in [0.15, 0.2) is 30.3 Å². The van der Waals surface area contributed by atoms with E-state index >= 15 is 0 Å². The summed E-state index contributed by atoms with van der Waals surface area (Å²) in [4.78, 5) is 0. The molecule has 2 aromatic carbocycles. The molecule has 0 fully saturated rings. The van der Waals surface area contributed by atoms with Gasteiger partial charge >= 0.3 is 0 Å². The van der Waals surface area contributed by atoms with Gasteiger partial charge in [-0.15, -0.1) is 0 Å². The molecule has 0 amide bonds. The molecule has 0 saturated heterocycles. The third-order valence-corrected chi connectivity index (χ3v) is 2.90. The maximum absolute atomic E-state index is 13.6. The second kappa shape index (κ2) is 4.88. The summed E-state index contributed by atoms with van der Waals surface area (Å²) in [5.41, 5.74) is 6.35. The summed E-state index contributed by atoms with van der Waals surface area (Å²) in [6.07, 6.45) is 0. The van der Waals surface area contributed by atoms with Crippen molar-refractivity contribution in [2.24, 2.45) is 0 Å². The third kappa shape index (κ3) is 2.20. The van der Waals surface area contributed by atoms with Gasteiger partial charge in [0.15, 0.2) is 23.1 Å². The van der Waals surface area contributed by atoms with Gasteiger partial charge in [-0.1, -0.05) is 6.07 Å². The van der Waals surface area contributed by atoms with Crippen molar-refractivity contribution in [2.45, 2.75) is 6.61 Å². The first-order valence-electron chi connectivity index (χ1n) is 5.90. The fourth-order valence-corrected chi connectivity index (χ4v) is 1.88. The largest absolute Gasteiger partial charge is 0.484 e. The summed E-state index contributed by atoms with van der Waals surface area (Å²) < 4.78 is 42.3. The monoisotopic (exact) mass is 279 g/mol. The van der Waals surface area contributed by atoms with Crippen molar-refractivity contribution in [3.63, 3.8) is 0 Å². The Balaban J connectivity index is 1.79. The molecule has 2 aromatic rings. The Hall–Kier alpha value is -2.50. The minimum absolute atomic E-state index is 0.0429. The number of benzene rings is 2. The van der Waals surface area contributed by atoms with Gasteiger partial charge in [0.25, 0.3) is 0 Å². The van der Waals surface area contributed by atoms with E-state index in [0.717, 1.165) is 11.6 Å². The lowest BCUT2D eigenvalue weighted by Gasteiger charge is -2.10. The Bertz CT molecular complexity index is 661. The van der Waals surface area contributed by atoms with Crippen LogP contribution in [0.25, 0.3) is 0 Å². The smallest absolute Gasteiger partial charge is 0.231 e. The van der Waals surface area contributed by atoms with E-state index in [0.29, 0.717) is 11.5 Å². The molecule has 0 spiro atoms. The van der Waals surface area contributed by atoms with Gasteiger partial charge in [-0.3, -0.25) is 0 Å². The van der Waals surface area contributed by atoms with Crippen LogP contribution in [0.3, 0.4) is 0 Å². The van der Waals surface area contributed by atoms with Gasteiger partial charge in [0.2, 0.25) is 12.6 Å². The molecule has 0 aliphatic carbocycles. The van der Waals surface area contributed by atoms with Gasteiger partial charge in [-0.25, -0.2) is 4.39 Å². The van der Waals surface area contributed by atoms with Crippen LogP contribution >= 0.6 is 0 Å². The minimum atomic E-state index is -1.09. The van der Waals surface area contributed by atoms with Crippen molar-refractivity contribution in [2.75, 3.05) is 12.5 Å². The minimum Gasteiger partial charge on any atom is -0.484 e. The molecule has 1 heterocycles. The summed E-state index contributed by atoms with van der Waals surface area (Å²) in [6.45, 7) is 0.215. The van der Waals surface area contributed by atoms with Crippen molar-refractivity contribution in [1.29, 1.82) is 0 Å². The van der Waals surface area contributed by atoms with Crippen molar-refractivity contribution < 1.29 is 23.0 Å². The summed E-state index contributed by atoms with van der Waals surface area (Å²) >= 11 is 0. The number of rotatable bonds is 3. The maximum Gasteiger partial charge on any atom is 0.231 e. The standard InChI is InChI=1S/C14H11F2NO3/c15-9-2-3-10(17)14(13(9)16)18-6-8-1-4-11-12(5-8)20-7-19-11/h1-5H,6-7,17H2. The average Bonchev–Trinajstić information content (AvgIpc) is 2.90. The van der Waals surface area contributed by atoms with E-state index in [1.165, 1.54) is 6.07 Å². The first kappa shape index (κ1) is 12.5. The van der Waals surface area contributed by atoms with Crippen molar-refractivity contribution in [3.05, 3.63) is 47.5 Å². The SMILES string of the molecule is Nc1ccc(F)c(F)c1OCc1ccc2c(c1)OCO2. The zero-order chi connectivity index (χ0) is 14.1. The first-order chi connectivity index (χ1) is 9.65.